The van der Waals surface area contributed by atoms with E-state index in [1.165, 1.54) is 24.8 Å². The monoisotopic (exact) mass is 501 g/mol. The van der Waals surface area contributed by atoms with E-state index in [0.29, 0.717) is 11.2 Å². The van der Waals surface area contributed by atoms with Gasteiger partial charge >= 0.3 is 19.9 Å². The lowest BCUT2D eigenvalue weighted by Gasteiger charge is -2.18. The zero-order valence-electron chi connectivity index (χ0n) is 18.1. The number of aromatic nitrogens is 4. The van der Waals surface area contributed by atoms with Gasteiger partial charge in [0, 0.05) is 6.54 Å². The number of hydrogen-bond donors (Lipinski definition) is 1. The Morgan fingerprint density at radius 2 is 1.62 bits per heavy atom. The van der Waals surface area contributed by atoms with E-state index in [4.69, 9.17) is 19.5 Å². The summed E-state index contributed by atoms with van der Waals surface area (Å²) in [5.74, 6) is 0.231. The number of anilines is 1. The second-order valence-electron chi connectivity index (χ2n) is 6.00. The summed E-state index contributed by atoms with van der Waals surface area (Å²) in [7, 11) is -4.04. The zero-order valence-corrected chi connectivity index (χ0v) is 19.0. The highest BCUT2D eigenvalue weighted by Gasteiger charge is 2.27. The SMILES string of the molecule is C=CCOC(=O)OCOP(=O)(COCCn1cnc2c(N)ncnc21)OCOC(=O)OCC=C. The van der Waals surface area contributed by atoms with Crippen LogP contribution in [0.3, 0.4) is 0 Å². The van der Waals surface area contributed by atoms with Crippen LogP contribution in [0.2, 0.25) is 0 Å². The van der Waals surface area contributed by atoms with Gasteiger partial charge < -0.3 is 34.0 Å². The van der Waals surface area contributed by atoms with Crippen LogP contribution in [-0.2, 0) is 43.8 Å². The molecule has 0 saturated carbocycles. The fourth-order valence-electron chi connectivity index (χ4n) is 2.16. The Hall–Kier alpha value is -3.52. The molecule has 0 aliphatic carbocycles. The average Bonchev–Trinajstić information content (AvgIpc) is 3.23. The van der Waals surface area contributed by atoms with E-state index in [0.717, 1.165) is 0 Å². The molecule has 2 heterocycles. The third kappa shape index (κ3) is 8.78. The number of carbonyl (C=O) groups excluding carboxylic acids is 2. The fraction of sp³-hybridized carbons (Fsp3) is 0.389. The summed E-state index contributed by atoms with van der Waals surface area (Å²) in [6, 6.07) is 0. The first-order valence-corrected chi connectivity index (χ1v) is 11.3. The van der Waals surface area contributed by atoms with Gasteiger partial charge in [0.2, 0.25) is 13.6 Å². The highest BCUT2D eigenvalue weighted by atomic mass is 31.2. The van der Waals surface area contributed by atoms with E-state index in [-0.39, 0.29) is 32.2 Å². The van der Waals surface area contributed by atoms with Crippen LogP contribution in [0, 0.1) is 0 Å². The Labute approximate surface area is 193 Å². The highest BCUT2D eigenvalue weighted by molar-refractivity contribution is 7.53. The summed E-state index contributed by atoms with van der Waals surface area (Å²) in [5, 5.41) is 0. The van der Waals surface area contributed by atoms with Crippen LogP contribution in [0.1, 0.15) is 0 Å². The van der Waals surface area contributed by atoms with Gasteiger partial charge in [0.05, 0.1) is 12.9 Å². The predicted molar refractivity (Wildman–Crippen MR) is 115 cm³/mol. The first kappa shape index (κ1) is 26.7. The Balaban J connectivity index is 1.87. The van der Waals surface area contributed by atoms with Crippen LogP contribution in [0.15, 0.2) is 38.0 Å². The number of carbonyl (C=O) groups is 2. The second-order valence-corrected chi connectivity index (χ2v) is 8.00. The summed E-state index contributed by atoms with van der Waals surface area (Å²) in [4.78, 5) is 34.8. The van der Waals surface area contributed by atoms with Gasteiger partial charge in [-0.25, -0.2) is 24.5 Å². The van der Waals surface area contributed by atoms with Crippen LogP contribution < -0.4 is 5.73 Å². The predicted octanol–water partition coefficient (Wildman–Crippen LogP) is 2.20. The molecule has 0 amide bonds. The van der Waals surface area contributed by atoms with Crippen LogP contribution in [-0.4, -0.2) is 71.6 Å². The molecule has 0 atom stereocenters. The summed E-state index contributed by atoms with van der Waals surface area (Å²) >= 11 is 0. The normalized spacial score (nSPS) is 11.1. The van der Waals surface area contributed by atoms with Crippen LogP contribution in [0.25, 0.3) is 11.2 Å². The minimum Gasteiger partial charge on any atom is -0.430 e. The average molecular weight is 501 g/mol. The van der Waals surface area contributed by atoms with Gasteiger partial charge in [-0.05, 0) is 0 Å². The standard InChI is InChI=1S/C18H24N5O10P/c1-3-6-28-17(24)30-11-32-34(26,33-12-31-18(25)29-7-4-2)13-27-8-5-23-10-22-14-15(19)20-9-21-16(14)23/h3-4,9-10H,1-2,5-8,11-13H2,(H2,19,20,21). The number of hydrogen-bond acceptors (Lipinski definition) is 14. The van der Waals surface area contributed by atoms with Gasteiger partial charge in [-0.2, -0.15) is 0 Å². The van der Waals surface area contributed by atoms with Gasteiger partial charge in [0.25, 0.3) is 0 Å². The maximum atomic E-state index is 12.9. The van der Waals surface area contributed by atoms with Crippen molar-refractivity contribution in [2.24, 2.45) is 0 Å². The summed E-state index contributed by atoms with van der Waals surface area (Å²) < 4.78 is 48.4. The molecule has 16 heteroatoms. The zero-order chi connectivity index (χ0) is 24.8. The number of nitrogen functional groups attached to an aromatic ring is 1. The molecule has 0 unspecified atom stereocenters. The van der Waals surface area contributed by atoms with Crippen LogP contribution in [0.4, 0.5) is 15.4 Å². The first-order valence-electron chi connectivity index (χ1n) is 9.56. The van der Waals surface area contributed by atoms with Crippen LogP contribution in [0.5, 0.6) is 0 Å². The van der Waals surface area contributed by atoms with Crippen molar-refractivity contribution in [1.82, 2.24) is 19.5 Å². The highest BCUT2D eigenvalue weighted by Crippen LogP contribution is 2.48. The fourth-order valence-corrected chi connectivity index (χ4v) is 3.16. The van der Waals surface area contributed by atoms with Crippen molar-refractivity contribution in [1.29, 1.82) is 0 Å². The van der Waals surface area contributed by atoms with Crippen molar-refractivity contribution in [2.75, 3.05) is 45.5 Å². The lowest BCUT2D eigenvalue weighted by atomic mass is 10.5. The number of nitrogens with zero attached hydrogens (tertiary/aromatic N) is 4. The molecule has 0 spiro atoms. The van der Waals surface area contributed by atoms with Crippen molar-refractivity contribution in [3.05, 3.63) is 38.0 Å². The van der Waals surface area contributed by atoms with E-state index in [9.17, 15) is 14.2 Å². The Morgan fingerprint density at radius 3 is 2.21 bits per heavy atom. The third-order valence-corrected chi connectivity index (χ3v) is 5.14. The molecule has 2 aromatic rings. The molecule has 0 bridgehead atoms. The van der Waals surface area contributed by atoms with Crippen molar-refractivity contribution in [3.8, 4) is 0 Å². The largest absolute Gasteiger partial charge is 0.510 e. The third-order valence-electron chi connectivity index (χ3n) is 3.65. The molecule has 0 aliphatic heterocycles. The Morgan fingerprint density at radius 1 is 1.00 bits per heavy atom. The first-order chi connectivity index (χ1) is 16.4. The lowest BCUT2D eigenvalue weighted by Crippen LogP contribution is -2.15. The minimum absolute atomic E-state index is 0.0382. The molecule has 0 saturated heterocycles. The lowest BCUT2D eigenvalue weighted by molar-refractivity contribution is -0.0230. The van der Waals surface area contributed by atoms with Crippen molar-refractivity contribution in [3.63, 3.8) is 0 Å². The van der Waals surface area contributed by atoms with Gasteiger partial charge in [0.1, 0.15) is 31.4 Å². The number of nitrogens with two attached hydrogens (primary N) is 1. The van der Waals surface area contributed by atoms with Crippen LogP contribution >= 0.6 is 7.60 Å². The van der Waals surface area contributed by atoms with Gasteiger partial charge in [-0.15, -0.1) is 0 Å². The molecule has 2 N–H and O–H groups in total. The van der Waals surface area contributed by atoms with Gasteiger partial charge in [0.15, 0.2) is 11.5 Å². The molecule has 34 heavy (non-hydrogen) atoms. The molecule has 2 aromatic heterocycles. The molecule has 15 nitrogen and oxygen atoms in total. The summed E-state index contributed by atoms with van der Waals surface area (Å²) in [6.45, 7) is 5.33. The molecule has 186 valence electrons. The maximum Gasteiger partial charge on any atom is 0.510 e. The van der Waals surface area contributed by atoms with Gasteiger partial charge in [-0.3, -0.25) is 13.6 Å². The topological polar surface area (TPSA) is 185 Å². The molecule has 0 aliphatic rings. The quantitative estimate of drug-likeness (QED) is 0.123. The molecule has 0 aromatic carbocycles. The van der Waals surface area contributed by atoms with Gasteiger partial charge in [-0.1, -0.05) is 25.3 Å². The smallest absolute Gasteiger partial charge is 0.430 e. The van der Waals surface area contributed by atoms with E-state index >= 15 is 0 Å². The van der Waals surface area contributed by atoms with E-state index in [1.54, 1.807) is 4.57 Å². The molecule has 0 radical (unpaired) electrons. The summed E-state index contributed by atoms with van der Waals surface area (Å²) in [6.07, 6.45) is 2.74. The molecule has 0 fully saturated rings. The number of rotatable bonds is 15. The molecule has 2 rings (SSSR count). The van der Waals surface area contributed by atoms with E-state index < -0.39 is 39.8 Å². The van der Waals surface area contributed by atoms with Crippen molar-refractivity contribution < 1.29 is 46.9 Å². The summed E-state index contributed by atoms with van der Waals surface area (Å²) in [5.41, 5.74) is 6.67. The van der Waals surface area contributed by atoms with Crippen molar-refractivity contribution >= 4 is 36.9 Å². The Bertz CT molecular complexity index is 996. The Kier molecular flexibility index (Phi) is 10.9. The number of ether oxygens (including phenoxy) is 5. The van der Waals surface area contributed by atoms with E-state index in [2.05, 4.69) is 47.1 Å². The minimum atomic E-state index is -4.04. The van der Waals surface area contributed by atoms with Crippen molar-refractivity contribution in [2.45, 2.75) is 6.54 Å². The molecular weight excluding hydrogens is 477 g/mol. The molecular formula is C18H24N5O10P. The number of imidazole rings is 1. The number of fused-ring (bicyclic) bond motifs is 1. The second kappa shape index (κ2) is 13.9. The maximum absolute atomic E-state index is 12.9. The van der Waals surface area contributed by atoms with E-state index in [1.807, 2.05) is 0 Å².